The minimum Gasteiger partial charge on any atom is -0.496 e. The molecule has 0 aliphatic heterocycles. The molecule has 0 bridgehead atoms. The number of carbonyl (C=O) groups excluding carboxylic acids is 2. The predicted octanol–water partition coefficient (Wildman–Crippen LogP) is 2.22. The number of ether oxygens (including phenoxy) is 2. The Balaban J connectivity index is 2.26. The molecule has 22 heavy (non-hydrogen) atoms. The van der Waals surface area contributed by atoms with Crippen molar-refractivity contribution in [2.24, 2.45) is 5.73 Å². The number of carbonyl (C=O) groups is 2. The summed E-state index contributed by atoms with van der Waals surface area (Å²) in [5.74, 6) is -1.77. The van der Waals surface area contributed by atoms with Gasteiger partial charge in [0.15, 0.2) is 0 Å². The maximum Gasteiger partial charge on any atom is 0.343 e. The van der Waals surface area contributed by atoms with Crippen LogP contribution in [0.15, 0.2) is 48.5 Å². The van der Waals surface area contributed by atoms with Gasteiger partial charge >= 0.3 is 5.97 Å². The van der Waals surface area contributed by atoms with Gasteiger partial charge in [0.2, 0.25) is 6.10 Å². The number of hydrogen-bond donors (Lipinski definition) is 1. The third kappa shape index (κ3) is 3.41. The molecule has 1 atom stereocenters. The van der Waals surface area contributed by atoms with Crippen LogP contribution in [0.2, 0.25) is 0 Å². The van der Waals surface area contributed by atoms with Gasteiger partial charge in [0.1, 0.15) is 17.1 Å². The highest BCUT2D eigenvalue weighted by molar-refractivity contribution is 5.94. The van der Waals surface area contributed by atoms with Crippen molar-refractivity contribution in [3.63, 3.8) is 0 Å². The van der Waals surface area contributed by atoms with Crippen LogP contribution in [0.4, 0.5) is 4.39 Å². The molecule has 1 amide bonds. The van der Waals surface area contributed by atoms with Crippen molar-refractivity contribution in [3.8, 4) is 5.75 Å². The fourth-order valence-electron chi connectivity index (χ4n) is 1.91. The number of para-hydroxylation sites is 1. The lowest BCUT2D eigenvalue weighted by Crippen LogP contribution is -2.26. The number of benzene rings is 2. The number of rotatable bonds is 5. The highest BCUT2D eigenvalue weighted by atomic mass is 19.1. The van der Waals surface area contributed by atoms with Gasteiger partial charge in [0.25, 0.3) is 5.91 Å². The molecule has 0 aromatic heterocycles. The topological polar surface area (TPSA) is 78.6 Å². The fraction of sp³-hybridized carbons (Fsp3) is 0.125. The molecule has 2 N–H and O–H groups in total. The standard InChI is InChI=1S/C16H14FNO4/c1-21-13-5-3-2-4-12(13)16(20)22-14(15(18)19)10-6-8-11(17)9-7-10/h2-9,14H,1H3,(H2,18,19)/t14-/m0/s1. The molecule has 0 spiro atoms. The van der Waals surface area contributed by atoms with E-state index in [0.29, 0.717) is 5.75 Å². The van der Waals surface area contributed by atoms with Gasteiger partial charge in [0.05, 0.1) is 7.11 Å². The van der Waals surface area contributed by atoms with Gasteiger partial charge in [-0.15, -0.1) is 0 Å². The van der Waals surface area contributed by atoms with Crippen LogP contribution in [-0.2, 0) is 9.53 Å². The number of nitrogens with two attached hydrogens (primary N) is 1. The number of methoxy groups -OCH3 is 1. The Labute approximate surface area is 126 Å². The van der Waals surface area contributed by atoms with Crippen LogP contribution in [0.3, 0.4) is 0 Å². The molecule has 114 valence electrons. The Morgan fingerprint density at radius 3 is 2.32 bits per heavy atom. The number of hydrogen-bond acceptors (Lipinski definition) is 4. The minimum absolute atomic E-state index is 0.165. The molecule has 2 rings (SSSR count). The van der Waals surface area contributed by atoms with E-state index in [9.17, 15) is 14.0 Å². The highest BCUT2D eigenvalue weighted by Gasteiger charge is 2.24. The maximum atomic E-state index is 12.9. The molecule has 0 radical (unpaired) electrons. The summed E-state index contributed by atoms with van der Waals surface area (Å²) in [7, 11) is 1.41. The highest BCUT2D eigenvalue weighted by Crippen LogP contribution is 2.23. The molecule has 6 heteroatoms. The Bertz CT molecular complexity index is 685. The third-order valence-electron chi connectivity index (χ3n) is 2.98. The van der Waals surface area contributed by atoms with Gasteiger partial charge in [0, 0.05) is 5.56 Å². The van der Waals surface area contributed by atoms with E-state index in [-0.39, 0.29) is 11.1 Å². The number of halogens is 1. The zero-order valence-electron chi connectivity index (χ0n) is 11.8. The second kappa shape index (κ2) is 6.71. The molecule has 0 aliphatic rings. The normalized spacial score (nSPS) is 11.5. The van der Waals surface area contributed by atoms with Gasteiger partial charge in [-0.3, -0.25) is 4.79 Å². The van der Waals surface area contributed by atoms with Crippen LogP contribution in [0.25, 0.3) is 0 Å². The zero-order chi connectivity index (χ0) is 16.1. The lowest BCUT2D eigenvalue weighted by Gasteiger charge is -2.16. The smallest absolute Gasteiger partial charge is 0.343 e. The predicted molar refractivity (Wildman–Crippen MR) is 76.7 cm³/mol. The average Bonchev–Trinajstić information content (AvgIpc) is 2.53. The van der Waals surface area contributed by atoms with Crippen molar-refractivity contribution >= 4 is 11.9 Å². The number of amides is 1. The molecule has 0 saturated carbocycles. The van der Waals surface area contributed by atoms with Crippen molar-refractivity contribution in [2.45, 2.75) is 6.10 Å². The lowest BCUT2D eigenvalue weighted by molar-refractivity contribution is -0.127. The van der Waals surface area contributed by atoms with Gasteiger partial charge < -0.3 is 15.2 Å². The summed E-state index contributed by atoms with van der Waals surface area (Å²) in [5, 5.41) is 0. The summed E-state index contributed by atoms with van der Waals surface area (Å²) in [5.41, 5.74) is 5.72. The van der Waals surface area contributed by atoms with Crippen molar-refractivity contribution in [1.82, 2.24) is 0 Å². The van der Waals surface area contributed by atoms with Crippen molar-refractivity contribution < 1.29 is 23.5 Å². The number of esters is 1. The molecule has 2 aromatic rings. The molecule has 0 fully saturated rings. The van der Waals surface area contributed by atoms with Gasteiger partial charge in [-0.05, 0) is 24.3 Å². The van der Waals surface area contributed by atoms with E-state index in [2.05, 4.69) is 0 Å². The first-order chi connectivity index (χ1) is 10.5. The lowest BCUT2D eigenvalue weighted by atomic mass is 10.1. The van der Waals surface area contributed by atoms with E-state index in [1.807, 2.05) is 0 Å². The van der Waals surface area contributed by atoms with E-state index in [4.69, 9.17) is 15.2 Å². The van der Waals surface area contributed by atoms with Crippen LogP contribution in [-0.4, -0.2) is 19.0 Å². The first-order valence-corrected chi connectivity index (χ1v) is 6.41. The minimum atomic E-state index is -1.31. The van der Waals surface area contributed by atoms with Crippen molar-refractivity contribution in [3.05, 3.63) is 65.5 Å². The summed E-state index contributed by atoms with van der Waals surface area (Å²) in [6.07, 6.45) is -1.31. The zero-order valence-corrected chi connectivity index (χ0v) is 11.8. The Morgan fingerprint density at radius 2 is 1.73 bits per heavy atom. The third-order valence-corrected chi connectivity index (χ3v) is 2.98. The first kappa shape index (κ1) is 15.5. The van der Waals surface area contributed by atoms with Crippen LogP contribution in [0.1, 0.15) is 22.0 Å². The molecule has 5 nitrogen and oxygen atoms in total. The van der Waals surface area contributed by atoms with E-state index in [1.165, 1.54) is 25.3 Å². The van der Waals surface area contributed by atoms with Gasteiger partial charge in [-0.25, -0.2) is 9.18 Å². The van der Waals surface area contributed by atoms with Crippen molar-refractivity contribution in [1.29, 1.82) is 0 Å². The largest absolute Gasteiger partial charge is 0.496 e. The van der Waals surface area contributed by atoms with Crippen LogP contribution < -0.4 is 10.5 Å². The Morgan fingerprint density at radius 1 is 1.09 bits per heavy atom. The fourth-order valence-corrected chi connectivity index (χ4v) is 1.91. The van der Waals surface area contributed by atoms with E-state index in [0.717, 1.165) is 12.1 Å². The Kier molecular flexibility index (Phi) is 4.73. The maximum absolute atomic E-state index is 12.9. The SMILES string of the molecule is COc1ccccc1C(=O)O[C@H](C(N)=O)c1ccc(F)cc1. The quantitative estimate of drug-likeness (QED) is 0.859. The second-order valence-corrected chi connectivity index (χ2v) is 4.44. The molecule has 2 aromatic carbocycles. The van der Waals surface area contributed by atoms with Crippen LogP contribution in [0.5, 0.6) is 5.75 Å². The first-order valence-electron chi connectivity index (χ1n) is 6.41. The van der Waals surface area contributed by atoms with Crippen LogP contribution in [0, 0.1) is 5.82 Å². The second-order valence-electron chi connectivity index (χ2n) is 4.44. The van der Waals surface area contributed by atoms with E-state index in [1.54, 1.807) is 18.2 Å². The summed E-state index contributed by atoms with van der Waals surface area (Å²) in [6, 6.07) is 11.4. The molecular weight excluding hydrogens is 289 g/mol. The average molecular weight is 303 g/mol. The summed E-state index contributed by atoms with van der Waals surface area (Å²) in [4.78, 5) is 23.7. The monoisotopic (exact) mass is 303 g/mol. The summed E-state index contributed by atoms with van der Waals surface area (Å²) < 4.78 is 23.2. The van der Waals surface area contributed by atoms with E-state index < -0.39 is 23.8 Å². The van der Waals surface area contributed by atoms with Gasteiger partial charge in [-0.1, -0.05) is 24.3 Å². The molecule has 0 heterocycles. The number of primary amides is 1. The van der Waals surface area contributed by atoms with Gasteiger partial charge in [-0.2, -0.15) is 0 Å². The molecule has 0 saturated heterocycles. The van der Waals surface area contributed by atoms with Crippen molar-refractivity contribution in [2.75, 3.05) is 7.11 Å². The molecule has 0 aliphatic carbocycles. The molecular formula is C16H14FNO4. The summed E-state index contributed by atoms with van der Waals surface area (Å²) >= 11 is 0. The Hall–Kier alpha value is -2.89. The summed E-state index contributed by atoms with van der Waals surface area (Å²) in [6.45, 7) is 0. The van der Waals surface area contributed by atoms with E-state index >= 15 is 0 Å². The van der Waals surface area contributed by atoms with Crippen LogP contribution >= 0.6 is 0 Å². The molecule has 0 unspecified atom stereocenters.